The number of nitrogen functional groups attached to an aromatic ring is 1. The molecule has 6 nitrogen and oxygen atoms in total. The van der Waals surface area contributed by atoms with Crippen LogP contribution < -0.4 is 11.1 Å². The van der Waals surface area contributed by atoms with Crippen molar-refractivity contribution < 1.29 is 9.53 Å². The zero-order chi connectivity index (χ0) is 15.4. The summed E-state index contributed by atoms with van der Waals surface area (Å²) in [6, 6.07) is 6.82. The lowest BCUT2D eigenvalue weighted by Gasteiger charge is -2.25. The first kappa shape index (κ1) is 17.7. The third kappa shape index (κ3) is 4.90. The number of morpholine rings is 1. The number of hydrogen-bond donors (Lipinski definition) is 2. The van der Waals surface area contributed by atoms with Crippen molar-refractivity contribution in [3.05, 3.63) is 40.9 Å². The molecule has 0 bridgehead atoms. The highest BCUT2D eigenvalue weighted by molar-refractivity contribution is 7.13. The number of thiazole rings is 1. The predicted octanol–water partition coefficient (Wildman–Crippen LogP) is 2.23. The molecule has 23 heavy (non-hydrogen) atoms. The van der Waals surface area contributed by atoms with Crippen LogP contribution in [0.1, 0.15) is 16.1 Å². The SMILES string of the molecule is Cl.Nc1ccc(C(=O)Nc2nc(CN3CCOCC3)cs2)cc1. The van der Waals surface area contributed by atoms with Crippen LogP contribution in [0.15, 0.2) is 29.6 Å². The Morgan fingerprint density at radius 2 is 2.00 bits per heavy atom. The molecular formula is C15H19ClN4O2S. The van der Waals surface area contributed by atoms with Crippen LogP contribution in [0.3, 0.4) is 0 Å². The number of hydrogen-bond acceptors (Lipinski definition) is 6. The van der Waals surface area contributed by atoms with Gasteiger partial charge < -0.3 is 10.5 Å². The standard InChI is InChI=1S/C15H18N4O2S.ClH/c16-12-3-1-11(2-4-12)14(20)18-15-17-13(10-22-15)9-19-5-7-21-8-6-19;/h1-4,10H,5-9,16H2,(H,17,18,20);1H. The van der Waals surface area contributed by atoms with Crippen LogP contribution in [0.4, 0.5) is 10.8 Å². The lowest BCUT2D eigenvalue weighted by molar-refractivity contribution is 0.0337. The van der Waals surface area contributed by atoms with E-state index in [0.717, 1.165) is 38.5 Å². The fourth-order valence-electron chi connectivity index (χ4n) is 2.23. The zero-order valence-electron chi connectivity index (χ0n) is 12.5. The van der Waals surface area contributed by atoms with Crippen molar-refractivity contribution >= 4 is 40.5 Å². The highest BCUT2D eigenvalue weighted by Crippen LogP contribution is 2.18. The molecule has 0 atom stereocenters. The lowest BCUT2D eigenvalue weighted by Crippen LogP contribution is -2.35. The molecule has 1 aliphatic rings. The second-order valence-corrected chi connectivity index (χ2v) is 5.97. The average molecular weight is 355 g/mol. The number of ether oxygens (including phenoxy) is 1. The molecular weight excluding hydrogens is 336 g/mol. The van der Waals surface area contributed by atoms with Crippen molar-refractivity contribution in [2.24, 2.45) is 0 Å². The number of benzene rings is 1. The molecule has 2 heterocycles. The van der Waals surface area contributed by atoms with E-state index in [0.29, 0.717) is 16.4 Å². The lowest BCUT2D eigenvalue weighted by atomic mass is 10.2. The Morgan fingerprint density at radius 1 is 1.30 bits per heavy atom. The maximum absolute atomic E-state index is 12.1. The molecule has 3 N–H and O–H groups in total. The van der Waals surface area contributed by atoms with Crippen LogP contribution in [0.2, 0.25) is 0 Å². The van der Waals surface area contributed by atoms with E-state index in [9.17, 15) is 4.79 Å². The molecule has 1 amide bonds. The molecule has 8 heteroatoms. The number of carbonyl (C=O) groups excluding carboxylic acids is 1. The molecule has 1 aromatic carbocycles. The first-order valence-electron chi connectivity index (χ1n) is 7.12. The van der Waals surface area contributed by atoms with Gasteiger partial charge in [0.05, 0.1) is 18.9 Å². The second kappa shape index (κ2) is 8.26. The van der Waals surface area contributed by atoms with Gasteiger partial charge in [0.1, 0.15) is 0 Å². The molecule has 0 saturated carbocycles. The van der Waals surface area contributed by atoms with Crippen molar-refractivity contribution in [3.63, 3.8) is 0 Å². The van der Waals surface area contributed by atoms with Crippen LogP contribution in [-0.2, 0) is 11.3 Å². The summed E-state index contributed by atoms with van der Waals surface area (Å²) in [5.41, 5.74) is 7.79. The van der Waals surface area contributed by atoms with Gasteiger partial charge in [0, 0.05) is 36.3 Å². The Morgan fingerprint density at radius 3 is 2.70 bits per heavy atom. The van der Waals surface area contributed by atoms with Crippen molar-refractivity contribution in [1.29, 1.82) is 0 Å². The van der Waals surface area contributed by atoms with E-state index in [1.54, 1.807) is 24.3 Å². The Balaban J connectivity index is 0.00000192. The van der Waals surface area contributed by atoms with E-state index in [1.807, 2.05) is 5.38 Å². The minimum absolute atomic E-state index is 0. The number of amides is 1. The summed E-state index contributed by atoms with van der Waals surface area (Å²) in [6.07, 6.45) is 0. The molecule has 2 aromatic rings. The van der Waals surface area contributed by atoms with Gasteiger partial charge in [0.25, 0.3) is 5.91 Å². The topological polar surface area (TPSA) is 80.5 Å². The van der Waals surface area contributed by atoms with Gasteiger partial charge in [-0.15, -0.1) is 23.7 Å². The first-order valence-corrected chi connectivity index (χ1v) is 8.00. The number of nitrogens with zero attached hydrogens (tertiary/aromatic N) is 2. The highest BCUT2D eigenvalue weighted by atomic mass is 35.5. The van der Waals surface area contributed by atoms with Gasteiger partial charge in [0.15, 0.2) is 5.13 Å². The van der Waals surface area contributed by atoms with E-state index < -0.39 is 0 Å². The number of carbonyl (C=O) groups is 1. The zero-order valence-corrected chi connectivity index (χ0v) is 14.2. The largest absolute Gasteiger partial charge is 0.399 e. The number of halogens is 1. The minimum atomic E-state index is -0.174. The monoisotopic (exact) mass is 354 g/mol. The van der Waals surface area contributed by atoms with Crippen LogP contribution in [-0.4, -0.2) is 42.1 Å². The summed E-state index contributed by atoms with van der Waals surface area (Å²) >= 11 is 1.44. The third-order valence-corrected chi connectivity index (χ3v) is 4.24. The van der Waals surface area contributed by atoms with Crippen molar-refractivity contribution in [1.82, 2.24) is 9.88 Å². The first-order chi connectivity index (χ1) is 10.7. The molecule has 124 valence electrons. The normalized spacial score (nSPS) is 15.0. The van der Waals surface area contributed by atoms with E-state index in [-0.39, 0.29) is 18.3 Å². The smallest absolute Gasteiger partial charge is 0.257 e. The molecule has 0 aliphatic carbocycles. The Bertz CT molecular complexity index is 641. The highest BCUT2D eigenvalue weighted by Gasteiger charge is 2.13. The summed E-state index contributed by atoms with van der Waals surface area (Å²) in [4.78, 5) is 18.9. The second-order valence-electron chi connectivity index (χ2n) is 5.11. The number of aromatic nitrogens is 1. The Kier molecular flexibility index (Phi) is 6.35. The summed E-state index contributed by atoms with van der Waals surface area (Å²) in [7, 11) is 0. The Labute approximate surface area is 145 Å². The van der Waals surface area contributed by atoms with Crippen LogP contribution in [0.25, 0.3) is 0 Å². The van der Waals surface area contributed by atoms with Gasteiger partial charge in [-0.05, 0) is 24.3 Å². The number of rotatable bonds is 4. The Hall–Kier alpha value is -1.67. The number of anilines is 2. The summed E-state index contributed by atoms with van der Waals surface area (Å²) in [5.74, 6) is -0.174. The van der Waals surface area contributed by atoms with Gasteiger partial charge in [-0.1, -0.05) is 0 Å². The maximum atomic E-state index is 12.1. The van der Waals surface area contributed by atoms with Gasteiger partial charge in [0.2, 0.25) is 0 Å². The van der Waals surface area contributed by atoms with Gasteiger partial charge in [-0.2, -0.15) is 0 Å². The van der Waals surface area contributed by atoms with Crippen LogP contribution in [0, 0.1) is 0 Å². The molecule has 1 saturated heterocycles. The van der Waals surface area contributed by atoms with E-state index >= 15 is 0 Å². The average Bonchev–Trinajstić information content (AvgIpc) is 2.96. The predicted molar refractivity (Wildman–Crippen MR) is 94.3 cm³/mol. The summed E-state index contributed by atoms with van der Waals surface area (Å²) < 4.78 is 5.33. The molecule has 0 radical (unpaired) electrons. The maximum Gasteiger partial charge on any atom is 0.257 e. The van der Waals surface area contributed by atoms with Crippen molar-refractivity contribution in [3.8, 4) is 0 Å². The number of nitrogens with one attached hydrogen (secondary N) is 1. The van der Waals surface area contributed by atoms with Crippen molar-refractivity contribution in [2.45, 2.75) is 6.54 Å². The molecule has 1 aromatic heterocycles. The van der Waals surface area contributed by atoms with Crippen molar-refractivity contribution in [2.75, 3.05) is 37.4 Å². The molecule has 1 aliphatic heterocycles. The van der Waals surface area contributed by atoms with E-state index in [2.05, 4.69) is 15.2 Å². The molecule has 0 unspecified atom stereocenters. The van der Waals surface area contributed by atoms with E-state index in [1.165, 1.54) is 11.3 Å². The van der Waals surface area contributed by atoms with Gasteiger partial charge >= 0.3 is 0 Å². The van der Waals surface area contributed by atoms with E-state index in [4.69, 9.17) is 10.5 Å². The summed E-state index contributed by atoms with van der Waals surface area (Å²) in [5, 5.41) is 5.42. The fraction of sp³-hybridized carbons (Fsp3) is 0.333. The molecule has 1 fully saturated rings. The number of nitrogens with two attached hydrogens (primary N) is 1. The quantitative estimate of drug-likeness (QED) is 0.823. The van der Waals surface area contributed by atoms with Crippen LogP contribution in [0.5, 0.6) is 0 Å². The molecule has 3 rings (SSSR count). The van der Waals surface area contributed by atoms with Gasteiger partial charge in [-0.25, -0.2) is 4.98 Å². The molecule has 0 spiro atoms. The van der Waals surface area contributed by atoms with Gasteiger partial charge in [-0.3, -0.25) is 15.0 Å². The fourth-order valence-corrected chi connectivity index (χ4v) is 2.93. The summed E-state index contributed by atoms with van der Waals surface area (Å²) in [6.45, 7) is 4.17. The third-order valence-electron chi connectivity index (χ3n) is 3.43. The minimum Gasteiger partial charge on any atom is -0.399 e. The van der Waals surface area contributed by atoms with Crippen LogP contribution >= 0.6 is 23.7 Å².